The molecule has 0 unspecified atom stereocenters. The van der Waals surface area contributed by atoms with Crippen LogP contribution in [0.4, 0.5) is 10.2 Å². The summed E-state index contributed by atoms with van der Waals surface area (Å²) in [5.74, 6) is -0.0485. The third kappa shape index (κ3) is 2.80. The highest BCUT2D eigenvalue weighted by Crippen LogP contribution is 2.25. The Hall–Kier alpha value is -1.17. The second kappa shape index (κ2) is 5.65. The van der Waals surface area contributed by atoms with Crippen molar-refractivity contribution < 1.29 is 4.39 Å². The van der Waals surface area contributed by atoms with Crippen LogP contribution in [-0.2, 0) is 13.1 Å². The molecule has 0 aromatic carbocycles. The normalized spacial score (nSPS) is 10.7. The summed E-state index contributed by atoms with van der Waals surface area (Å²) in [5.41, 5.74) is 5.94. The minimum Gasteiger partial charge on any atom is -0.352 e. The van der Waals surface area contributed by atoms with E-state index in [4.69, 9.17) is 17.3 Å². The predicted octanol–water partition coefficient (Wildman–Crippen LogP) is 3.03. The first kappa shape index (κ1) is 13.3. The molecular formula is C12H13ClFN3S. The number of thiophene rings is 1. The van der Waals surface area contributed by atoms with Crippen molar-refractivity contribution in [2.75, 3.05) is 11.9 Å². The lowest BCUT2D eigenvalue weighted by atomic mass is 10.2. The molecule has 0 bridgehead atoms. The number of hydrogen-bond donors (Lipinski definition) is 1. The van der Waals surface area contributed by atoms with Crippen molar-refractivity contribution in [1.29, 1.82) is 0 Å². The van der Waals surface area contributed by atoms with Gasteiger partial charge in [0.25, 0.3) is 0 Å². The van der Waals surface area contributed by atoms with E-state index in [1.54, 1.807) is 24.2 Å². The fourth-order valence-electron chi connectivity index (χ4n) is 1.64. The topological polar surface area (TPSA) is 42.2 Å². The van der Waals surface area contributed by atoms with E-state index < -0.39 is 0 Å². The lowest BCUT2D eigenvalue weighted by Crippen LogP contribution is -2.19. The summed E-state index contributed by atoms with van der Waals surface area (Å²) in [4.78, 5) is 6.86. The van der Waals surface area contributed by atoms with Crippen molar-refractivity contribution >= 4 is 28.8 Å². The number of pyridine rings is 1. The molecule has 2 aromatic rings. The summed E-state index contributed by atoms with van der Waals surface area (Å²) >= 11 is 7.34. The van der Waals surface area contributed by atoms with Gasteiger partial charge < -0.3 is 10.6 Å². The quantitative estimate of drug-likeness (QED) is 0.939. The first-order valence-corrected chi connectivity index (χ1v) is 6.60. The minimum atomic E-state index is -0.356. The fourth-order valence-corrected chi connectivity index (χ4v) is 2.78. The Kier molecular flexibility index (Phi) is 4.16. The number of hydrogen-bond acceptors (Lipinski definition) is 4. The molecule has 18 heavy (non-hydrogen) atoms. The van der Waals surface area contributed by atoms with E-state index in [0.29, 0.717) is 17.9 Å². The Bertz CT molecular complexity index is 544. The van der Waals surface area contributed by atoms with Gasteiger partial charge in [-0.05, 0) is 18.2 Å². The number of nitrogens with two attached hydrogens (primary N) is 1. The highest BCUT2D eigenvalue weighted by molar-refractivity contribution is 7.16. The summed E-state index contributed by atoms with van der Waals surface area (Å²) in [6.45, 7) is 0.732. The fraction of sp³-hybridized carbons (Fsp3) is 0.250. The van der Waals surface area contributed by atoms with Gasteiger partial charge in [-0.3, -0.25) is 0 Å². The molecule has 96 valence electrons. The second-order valence-corrected chi connectivity index (χ2v) is 5.67. The molecule has 0 aliphatic heterocycles. The maximum absolute atomic E-state index is 14.0. The maximum atomic E-state index is 14.0. The van der Waals surface area contributed by atoms with Gasteiger partial charge in [0.15, 0.2) is 11.6 Å². The highest BCUT2D eigenvalue weighted by Gasteiger charge is 2.13. The van der Waals surface area contributed by atoms with Crippen LogP contribution >= 0.6 is 22.9 Å². The standard InChI is InChI=1S/C12H13ClFN3S/c1-17(7-9-2-3-10(13)18-9)12-11(14)8(6-15)4-5-16-12/h2-5H,6-7,15H2,1H3. The first-order valence-electron chi connectivity index (χ1n) is 5.40. The van der Waals surface area contributed by atoms with Crippen molar-refractivity contribution in [3.05, 3.63) is 45.0 Å². The molecule has 3 nitrogen and oxygen atoms in total. The SMILES string of the molecule is CN(Cc1ccc(Cl)s1)c1nccc(CN)c1F. The molecule has 0 spiro atoms. The summed E-state index contributed by atoms with van der Waals surface area (Å²) in [7, 11) is 1.79. The summed E-state index contributed by atoms with van der Waals surface area (Å²) in [6.07, 6.45) is 1.57. The van der Waals surface area contributed by atoms with E-state index in [2.05, 4.69) is 4.98 Å². The number of nitrogens with zero attached hydrogens (tertiary/aromatic N) is 2. The van der Waals surface area contributed by atoms with Crippen LogP contribution in [0.1, 0.15) is 10.4 Å². The Morgan fingerprint density at radius 3 is 2.83 bits per heavy atom. The third-order valence-electron chi connectivity index (χ3n) is 2.55. The highest BCUT2D eigenvalue weighted by atomic mass is 35.5. The van der Waals surface area contributed by atoms with Crippen LogP contribution in [-0.4, -0.2) is 12.0 Å². The predicted molar refractivity (Wildman–Crippen MR) is 73.5 cm³/mol. The van der Waals surface area contributed by atoms with Crippen molar-refractivity contribution in [2.45, 2.75) is 13.1 Å². The minimum absolute atomic E-state index is 0.167. The van der Waals surface area contributed by atoms with Crippen molar-refractivity contribution in [2.24, 2.45) is 5.73 Å². The lowest BCUT2D eigenvalue weighted by molar-refractivity contribution is 0.598. The molecule has 2 rings (SSSR count). The van der Waals surface area contributed by atoms with Crippen LogP contribution in [0.15, 0.2) is 24.4 Å². The van der Waals surface area contributed by atoms with Gasteiger partial charge in [0.05, 0.1) is 10.9 Å². The van der Waals surface area contributed by atoms with Crippen LogP contribution in [0, 0.1) is 5.82 Å². The molecule has 0 atom stereocenters. The first-order chi connectivity index (χ1) is 8.61. The van der Waals surface area contributed by atoms with Gasteiger partial charge in [0.1, 0.15) is 0 Å². The Balaban J connectivity index is 2.21. The lowest BCUT2D eigenvalue weighted by Gasteiger charge is -2.18. The zero-order valence-electron chi connectivity index (χ0n) is 9.86. The second-order valence-electron chi connectivity index (χ2n) is 3.87. The zero-order chi connectivity index (χ0) is 13.1. The van der Waals surface area contributed by atoms with Crippen molar-refractivity contribution in [1.82, 2.24) is 4.98 Å². The molecule has 0 aliphatic carbocycles. The molecular weight excluding hydrogens is 273 g/mol. The third-order valence-corrected chi connectivity index (χ3v) is 3.77. The van der Waals surface area contributed by atoms with Crippen molar-refractivity contribution in [3.8, 4) is 0 Å². The smallest absolute Gasteiger partial charge is 0.170 e. The Labute approximate surface area is 114 Å². The van der Waals surface area contributed by atoms with E-state index >= 15 is 0 Å². The number of anilines is 1. The molecule has 0 saturated heterocycles. The van der Waals surface area contributed by atoms with E-state index in [9.17, 15) is 4.39 Å². The van der Waals surface area contributed by atoms with Gasteiger partial charge in [0, 0.05) is 30.2 Å². The van der Waals surface area contributed by atoms with Gasteiger partial charge in [-0.25, -0.2) is 9.37 Å². The number of aromatic nitrogens is 1. The van der Waals surface area contributed by atoms with Crippen LogP contribution in [0.2, 0.25) is 4.34 Å². The summed E-state index contributed by atoms with van der Waals surface area (Å²) in [5, 5.41) is 0. The molecule has 0 radical (unpaired) electrons. The molecule has 6 heteroatoms. The van der Waals surface area contributed by atoms with Gasteiger partial charge in [-0.15, -0.1) is 11.3 Å². The molecule has 0 amide bonds. The number of rotatable bonds is 4. The van der Waals surface area contributed by atoms with Gasteiger partial charge in [0.2, 0.25) is 0 Å². The molecule has 2 aromatic heterocycles. The van der Waals surface area contributed by atoms with E-state index in [1.165, 1.54) is 11.3 Å². The molecule has 0 aliphatic rings. The maximum Gasteiger partial charge on any atom is 0.170 e. The van der Waals surface area contributed by atoms with Crippen molar-refractivity contribution in [3.63, 3.8) is 0 Å². The molecule has 0 saturated carbocycles. The summed E-state index contributed by atoms with van der Waals surface area (Å²) in [6, 6.07) is 5.35. The van der Waals surface area contributed by atoms with E-state index in [-0.39, 0.29) is 12.4 Å². The Morgan fingerprint density at radius 1 is 1.44 bits per heavy atom. The molecule has 2 heterocycles. The van der Waals surface area contributed by atoms with Crippen LogP contribution in [0.5, 0.6) is 0 Å². The monoisotopic (exact) mass is 285 g/mol. The number of halogens is 2. The summed E-state index contributed by atoms with van der Waals surface area (Å²) < 4.78 is 14.7. The largest absolute Gasteiger partial charge is 0.352 e. The van der Waals surface area contributed by atoms with Crippen LogP contribution in [0.25, 0.3) is 0 Å². The van der Waals surface area contributed by atoms with E-state index in [0.717, 1.165) is 9.21 Å². The van der Waals surface area contributed by atoms with Gasteiger partial charge in [-0.1, -0.05) is 11.6 Å². The van der Waals surface area contributed by atoms with Crippen LogP contribution < -0.4 is 10.6 Å². The average molecular weight is 286 g/mol. The zero-order valence-corrected chi connectivity index (χ0v) is 11.4. The Morgan fingerprint density at radius 2 is 2.22 bits per heavy atom. The van der Waals surface area contributed by atoms with Gasteiger partial charge in [-0.2, -0.15) is 0 Å². The van der Waals surface area contributed by atoms with E-state index in [1.807, 2.05) is 12.1 Å². The van der Waals surface area contributed by atoms with Gasteiger partial charge >= 0.3 is 0 Å². The average Bonchev–Trinajstić information content (AvgIpc) is 2.75. The molecule has 0 fully saturated rings. The van der Waals surface area contributed by atoms with Crippen LogP contribution in [0.3, 0.4) is 0 Å². The molecule has 2 N–H and O–H groups in total.